The number of nitrogens with one attached hydrogen (secondary N) is 1. The number of nitrogens with zero attached hydrogens (tertiary/aromatic N) is 3. The molecule has 3 heterocycles. The number of carbonyl (C=O) groups is 1. The van der Waals surface area contributed by atoms with Gasteiger partial charge in [0, 0.05) is 11.3 Å². The zero-order valence-electron chi connectivity index (χ0n) is 21.1. The molecule has 38 heavy (non-hydrogen) atoms. The van der Waals surface area contributed by atoms with Gasteiger partial charge in [-0.25, -0.2) is 9.99 Å². The molecule has 0 spiro atoms. The molecule has 0 fully saturated rings. The Kier molecular flexibility index (Phi) is 6.59. The molecule has 2 aromatic heterocycles. The van der Waals surface area contributed by atoms with Crippen LogP contribution in [0.1, 0.15) is 39.9 Å². The fraction of sp³-hybridized carbons (Fsp3) is 0.200. The van der Waals surface area contributed by atoms with Crippen molar-refractivity contribution in [2.24, 2.45) is 5.10 Å². The van der Waals surface area contributed by atoms with Crippen molar-refractivity contribution in [3.63, 3.8) is 0 Å². The molecule has 8 heteroatoms. The number of carbonyl (C=O) groups excluding carboxylic acids is 1. The van der Waals surface area contributed by atoms with Crippen molar-refractivity contribution < 1.29 is 4.79 Å². The number of fused-ring (bicyclic) bond motifs is 2. The van der Waals surface area contributed by atoms with Crippen molar-refractivity contribution >= 4 is 55.7 Å². The van der Waals surface area contributed by atoms with Gasteiger partial charge in [0.05, 0.1) is 28.6 Å². The summed E-state index contributed by atoms with van der Waals surface area (Å²) in [4.78, 5) is 35.4. The summed E-state index contributed by atoms with van der Waals surface area (Å²) in [6.07, 6.45) is 0.654. The topological polar surface area (TPSA) is 78.4 Å². The average Bonchev–Trinajstić information content (AvgIpc) is 3.50. The summed E-state index contributed by atoms with van der Waals surface area (Å²) in [5.41, 5.74) is 3.86. The number of H-pyrrole nitrogens is 1. The van der Waals surface area contributed by atoms with E-state index in [1.807, 2.05) is 56.3 Å². The molecule has 6 nitrogen and oxygen atoms in total. The smallest absolute Gasteiger partial charge is 0.259 e. The number of benzene rings is 3. The monoisotopic (exact) mass is 538 g/mol. The van der Waals surface area contributed by atoms with E-state index in [1.54, 1.807) is 5.01 Å². The molecule has 1 atom stereocenters. The number of rotatable bonds is 6. The Hall–Kier alpha value is -3.75. The van der Waals surface area contributed by atoms with Crippen LogP contribution in [0.4, 0.5) is 0 Å². The highest BCUT2D eigenvalue weighted by Crippen LogP contribution is 2.34. The average molecular weight is 539 g/mol. The van der Waals surface area contributed by atoms with Crippen molar-refractivity contribution in [3.8, 4) is 0 Å². The Labute approximate surface area is 228 Å². The minimum Gasteiger partial charge on any atom is -0.309 e. The molecule has 5 aromatic rings. The van der Waals surface area contributed by atoms with Crippen LogP contribution in [0.15, 0.2) is 82.7 Å². The van der Waals surface area contributed by atoms with E-state index in [2.05, 4.69) is 40.3 Å². The molecular formula is C30H26N4O2S2. The highest BCUT2D eigenvalue weighted by Gasteiger charge is 2.33. The van der Waals surface area contributed by atoms with Crippen molar-refractivity contribution in [2.75, 3.05) is 5.75 Å². The van der Waals surface area contributed by atoms with Crippen LogP contribution in [-0.4, -0.2) is 32.3 Å². The summed E-state index contributed by atoms with van der Waals surface area (Å²) < 4.78 is 0. The first-order chi connectivity index (χ1) is 18.5. The van der Waals surface area contributed by atoms with E-state index < -0.39 is 0 Å². The van der Waals surface area contributed by atoms with Gasteiger partial charge in [0.15, 0.2) is 0 Å². The summed E-state index contributed by atoms with van der Waals surface area (Å²) in [7, 11) is 0. The number of hydrogen-bond acceptors (Lipinski definition) is 6. The summed E-state index contributed by atoms with van der Waals surface area (Å²) >= 11 is 2.97. The number of aromatic nitrogens is 2. The second kappa shape index (κ2) is 10.2. The Bertz CT molecular complexity index is 1760. The summed E-state index contributed by atoms with van der Waals surface area (Å²) in [5.74, 6) is 1.20. The van der Waals surface area contributed by atoms with Crippen molar-refractivity contribution in [1.82, 2.24) is 15.0 Å². The fourth-order valence-electron chi connectivity index (χ4n) is 4.89. The second-order valence-electron chi connectivity index (χ2n) is 9.45. The van der Waals surface area contributed by atoms with Crippen LogP contribution < -0.4 is 5.56 Å². The summed E-state index contributed by atoms with van der Waals surface area (Å²) in [5, 5.41) is 9.46. The van der Waals surface area contributed by atoms with Gasteiger partial charge in [-0.3, -0.25) is 9.59 Å². The molecule has 0 bridgehead atoms. The fourth-order valence-corrected chi connectivity index (χ4v) is 6.68. The van der Waals surface area contributed by atoms with Crippen molar-refractivity contribution in [2.45, 2.75) is 32.1 Å². The third kappa shape index (κ3) is 4.66. The lowest BCUT2D eigenvalue weighted by Gasteiger charge is -2.22. The van der Waals surface area contributed by atoms with E-state index >= 15 is 0 Å². The van der Waals surface area contributed by atoms with E-state index in [0.717, 1.165) is 37.5 Å². The third-order valence-electron chi connectivity index (χ3n) is 6.99. The zero-order valence-corrected chi connectivity index (χ0v) is 22.7. The maximum atomic E-state index is 13.4. The van der Waals surface area contributed by atoms with E-state index in [0.29, 0.717) is 23.4 Å². The zero-order chi connectivity index (χ0) is 26.2. The number of aromatic amines is 1. The molecule has 0 saturated heterocycles. The quantitative estimate of drug-likeness (QED) is 0.273. The summed E-state index contributed by atoms with van der Waals surface area (Å²) in [6.45, 7) is 3.95. The van der Waals surface area contributed by atoms with Gasteiger partial charge in [0.2, 0.25) is 0 Å². The molecule has 1 aliphatic rings. The number of hydrazone groups is 1. The first kappa shape index (κ1) is 24.6. The molecule has 1 amide bonds. The lowest BCUT2D eigenvalue weighted by Crippen LogP contribution is -2.28. The van der Waals surface area contributed by atoms with Gasteiger partial charge in [-0.15, -0.1) is 23.1 Å². The summed E-state index contributed by atoms with van der Waals surface area (Å²) in [6, 6.07) is 24.5. The van der Waals surface area contributed by atoms with Gasteiger partial charge < -0.3 is 4.98 Å². The molecule has 0 saturated carbocycles. The molecule has 0 radical (unpaired) electrons. The largest absolute Gasteiger partial charge is 0.309 e. The van der Waals surface area contributed by atoms with E-state index in [1.165, 1.54) is 28.5 Å². The van der Waals surface area contributed by atoms with Crippen molar-refractivity contribution in [1.29, 1.82) is 0 Å². The van der Waals surface area contributed by atoms with E-state index in [-0.39, 0.29) is 23.3 Å². The van der Waals surface area contributed by atoms with Crippen LogP contribution in [0, 0.1) is 13.8 Å². The predicted molar refractivity (Wildman–Crippen MR) is 157 cm³/mol. The molecule has 190 valence electrons. The van der Waals surface area contributed by atoms with Gasteiger partial charge in [-0.05, 0) is 47.4 Å². The third-order valence-corrected chi connectivity index (χ3v) is 9.02. The van der Waals surface area contributed by atoms with Crippen LogP contribution in [-0.2, 0) is 10.5 Å². The van der Waals surface area contributed by atoms with Crippen LogP contribution in [0.25, 0.3) is 21.0 Å². The lowest BCUT2D eigenvalue weighted by atomic mass is 9.97. The normalized spacial score (nSPS) is 15.4. The van der Waals surface area contributed by atoms with Gasteiger partial charge in [0.25, 0.3) is 11.5 Å². The van der Waals surface area contributed by atoms with E-state index in [4.69, 9.17) is 5.10 Å². The number of hydrogen-bond donors (Lipinski definition) is 1. The molecule has 0 aliphatic carbocycles. The van der Waals surface area contributed by atoms with Gasteiger partial charge in [0.1, 0.15) is 10.7 Å². The van der Waals surface area contributed by atoms with Gasteiger partial charge in [-0.2, -0.15) is 5.10 Å². The van der Waals surface area contributed by atoms with Crippen LogP contribution >= 0.6 is 23.1 Å². The first-order valence-corrected chi connectivity index (χ1v) is 14.5. The molecule has 3 aromatic carbocycles. The highest BCUT2D eigenvalue weighted by atomic mass is 32.2. The predicted octanol–water partition coefficient (Wildman–Crippen LogP) is 6.37. The van der Waals surface area contributed by atoms with Crippen LogP contribution in [0.3, 0.4) is 0 Å². The molecule has 1 N–H and O–H groups in total. The molecule has 1 aliphatic heterocycles. The van der Waals surface area contributed by atoms with Gasteiger partial charge in [-0.1, -0.05) is 66.7 Å². The standard InChI is InChI=1S/C30H26N4O2S2/c1-18-19(2)38-30-28(18)29(36)31-26(32-30)16-37-17-27(35)34-25(21-9-4-3-5-10-21)15-24(33-34)23-13-12-20-8-6-7-11-22(20)14-23/h3-14,25H,15-17H2,1-2H3,(H,31,32,36). The minimum absolute atomic E-state index is 0.0640. The first-order valence-electron chi connectivity index (χ1n) is 12.5. The Morgan fingerprint density at radius 3 is 2.63 bits per heavy atom. The van der Waals surface area contributed by atoms with Gasteiger partial charge >= 0.3 is 0 Å². The maximum Gasteiger partial charge on any atom is 0.259 e. The second-order valence-corrected chi connectivity index (χ2v) is 11.6. The number of amides is 1. The van der Waals surface area contributed by atoms with Crippen LogP contribution in [0.5, 0.6) is 0 Å². The maximum absolute atomic E-state index is 13.4. The number of thioether (sulfide) groups is 1. The Balaban J connectivity index is 1.22. The minimum atomic E-state index is -0.155. The molecule has 6 rings (SSSR count). The number of thiophene rings is 1. The van der Waals surface area contributed by atoms with Crippen LogP contribution in [0.2, 0.25) is 0 Å². The van der Waals surface area contributed by atoms with E-state index in [9.17, 15) is 9.59 Å². The molecule has 1 unspecified atom stereocenters. The Morgan fingerprint density at radius 1 is 1.05 bits per heavy atom. The van der Waals surface area contributed by atoms with Crippen molar-refractivity contribution in [3.05, 3.63) is 111 Å². The number of aryl methyl sites for hydroxylation is 2. The molecular weight excluding hydrogens is 512 g/mol. The lowest BCUT2D eigenvalue weighted by molar-refractivity contribution is -0.130. The SMILES string of the molecule is Cc1sc2nc(CSCC(=O)N3N=C(c4ccc5ccccc5c4)CC3c3ccccc3)[nH]c(=O)c2c1C. The highest BCUT2D eigenvalue weighted by molar-refractivity contribution is 7.99. The Morgan fingerprint density at radius 2 is 1.82 bits per heavy atom.